The quantitative estimate of drug-likeness (QED) is 0.281. The van der Waals surface area contributed by atoms with E-state index >= 15 is 0 Å². The van der Waals surface area contributed by atoms with E-state index in [4.69, 9.17) is 21.1 Å². The van der Waals surface area contributed by atoms with Gasteiger partial charge in [0.2, 0.25) is 11.8 Å². The summed E-state index contributed by atoms with van der Waals surface area (Å²) < 4.78 is 12.3. The Morgan fingerprint density at radius 2 is 1.65 bits per heavy atom. The lowest BCUT2D eigenvalue weighted by molar-refractivity contribution is -0.145. The molecule has 7 atom stereocenters. The van der Waals surface area contributed by atoms with Crippen LogP contribution in [0, 0.1) is 17.8 Å². The van der Waals surface area contributed by atoms with Crippen molar-refractivity contribution in [2.24, 2.45) is 17.8 Å². The topological polar surface area (TPSA) is 99.6 Å². The van der Waals surface area contributed by atoms with Crippen LogP contribution in [0.1, 0.15) is 40.0 Å². The smallest absolute Gasteiger partial charge is 0.253 e. The second kappa shape index (κ2) is 14.0. The molecule has 2 bridgehead atoms. The standard InChI is InChI=1S/C36H44ClN3O6/c1-6-20-38(26-14-16-27(17-15-26)45-9-4)33(42)30-29-18-19-36(46-29)31(30)34(43)40(28(22-41)23(5)8-3)32(36)35(44)39(21-7-2)25-12-10-24(37)11-13-25/h6-7,10-17,23,28-32,41H,1-2,8-9,18-22H2,3-5H3/t23-,28-,29+,30-,31-,32?,36?/m0/s1. The first-order valence-electron chi connectivity index (χ1n) is 16.1. The highest BCUT2D eigenvalue weighted by atomic mass is 35.5. The van der Waals surface area contributed by atoms with Crippen molar-refractivity contribution in [3.05, 3.63) is 78.9 Å². The van der Waals surface area contributed by atoms with Crippen LogP contribution in [0.5, 0.6) is 5.75 Å². The SMILES string of the molecule is C=CCN(C(=O)C1N([C@@H](CO)[C@@H](C)CC)C(=O)[C@@H]2[C@@H](C(=O)N(CC=C)c3ccc(OCC)cc3)[C@H]3CCC12O3)c1ccc(Cl)cc1. The van der Waals surface area contributed by atoms with Crippen LogP contribution in [0.25, 0.3) is 0 Å². The predicted molar refractivity (Wildman–Crippen MR) is 179 cm³/mol. The molecule has 3 aliphatic heterocycles. The number of ether oxygens (including phenoxy) is 2. The van der Waals surface area contributed by atoms with Gasteiger partial charge < -0.3 is 29.3 Å². The number of carbonyl (C=O) groups excluding carboxylic acids is 3. The van der Waals surface area contributed by atoms with Gasteiger partial charge in [-0.3, -0.25) is 14.4 Å². The van der Waals surface area contributed by atoms with E-state index in [0.29, 0.717) is 48.0 Å². The number of hydrogen-bond donors (Lipinski definition) is 1. The van der Waals surface area contributed by atoms with Crippen LogP contribution in [0.2, 0.25) is 5.02 Å². The van der Waals surface area contributed by atoms with Crippen molar-refractivity contribution >= 4 is 40.7 Å². The molecule has 2 unspecified atom stereocenters. The molecule has 3 heterocycles. The van der Waals surface area contributed by atoms with Gasteiger partial charge in [-0.1, -0.05) is 44.0 Å². The average molecular weight is 650 g/mol. The van der Waals surface area contributed by atoms with Crippen molar-refractivity contribution in [2.75, 3.05) is 36.1 Å². The predicted octanol–water partition coefficient (Wildman–Crippen LogP) is 5.26. The third-order valence-corrected chi connectivity index (χ3v) is 10.1. The van der Waals surface area contributed by atoms with Gasteiger partial charge in [0, 0.05) is 29.5 Å². The minimum Gasteiger partial charge on any atom is -0.494 e. The Balaban J connectivity index is 1.58. The molecule has 3 saturated heterocycles. The maximum absolute atomic E-state index is 14.8. The van der Waals surface area contributed by atoms with Gasteiger partial charge in [-0.05, 0) is 74.2 Å². The molecule has 1 spiro atoms. The summed E-state index contributed by atoms with van der Waals surface area (Å²) in [6.07, 6.45) is 4.39. The number of fused-ring (bicyclic) bond motifs is 1. The van der Waals surface area contributed by atoms with Crippen molar-refractivity contribution in [3.8, 4) is 5.75 Å². The van der Waals surface area contributed by atoms with E-state index in [9.17, 15) is 19.5 Å². The van der Waals surface area contributed by atoms with E-state index in [1.165, 1.54) is 0 Å². The summed E-state index contributed by atoms with van der Waals surface area (Å²) in [4.78, 5) is 48.8. The number of carbonyl (C=O) groups is 3. The highest BCUT2D eigenvalue weighted by Crippen LogP contribution is 2.59. The van der Waals surface area contributed by atoms with Gasteiger partial charge in [0.05, 0.1) is 37.2 Å². The van der Waals surface area contributed by atoms with Crippen LogP contribution >= 0.6 is 11.6 Å². The molecule has 10 heteroatoms. The van der Waals surface area contributed by atoms with Crippen LogP contribution in [0.15, 0.2) is 73.8 Å². The summed E-state index contributed by atoms with van der Waals surface area (Å²) in [7, 11) is 0. The van der Waals surface area contributed by atoms with Crippen molar-refractivity contribution in [3.63, 3.8) is 0 Å². The first-order valence-corrected chi connectivity index (χ1v) is 16.5. The van der Waals surface area contributed by atoms with E-state index in [0.717, 1.165) is 0 Å². The van der Waals surface area contributed by atoms with Gasteiger partial charge in [-0.15, -0.1) is 13.2 Å². The fraction of sp³-hybridized carbons (Fsp3) is 0.472. The van der Waals surface area contributed by atoms with Crippen LogP contribution in [0.4, 0.5) is 11.4 Å². The normalized spacial score (nSPS) is 25.9. The molecule has 0 aromatic heterocycles. The van der Waals surface area contributed by atoms with Crippen molar-refractivity contribution in [1.82, 2.24) is 4.90 Å². The molecule has 246 valence electrons. The molecule has 0 saturated carbocycles. The Morgan fingerprint density at radius 1 is 1.07 bits per heavy atom. The van der Waals surface area contributed by atoms with E-state index in [2.05, 4.69) is 13.2 Å². The van der Waals surface area contributed by atoms with Crippen LogP contribution < -0.4 is 14.5 Å². The van der Waals surface area contributed by atoms with Crippen molar-refractivity contribution in [2.45, 2.75) is 63.8 Å². The van der Waals surface area contributed by atoms with Gasteiger partial charge in [0.15, 0.2) is 0 Å². The molecule has 3 fully saturated rings. The summed E-state index contributed by atoms with van der Waals surface area (Å²) in [6.45, 7) is 14.2. The fourth-order valence-corrected chi connectivity index (χ4v) is 7.69. The number of likely N-dealkylation sites (tertiary alicyclic amines) is 1. The van der Waals surface area contributed by atoms with Crippen molar-refractivity contribution in [1.29, 1.82) is 0 Å². The van der Waals surface area contributed by atoms with E-state index in [1.807, 2.05) is 32.9 Å². The Hall–Kier alpha value is -3.66. The summed E-state index contributed by atoms with van der Waals surface area (Å²) in [6, 6.07) is 12.5. The number of aliphatic hydroxyl groups is 1. The van der Waals surface area contributed by atoms with Crippen LogP contribution in [0.3, 0.4) is 0 Å². The number of anilines is 2. The van der Waals surface area contributed by atoms with Gasteiger partial charge >= 0.3 is 0 Å². The van der Waals surface area contributed by atoms with Gasteiger partial charge in [-0.25, -0.2) is 0 Å². The second-order valence-electron chi connectivity index (χ2n) is 12.3. The summed E-state index contributed by atoms with van der Waals surface area (Å²) in [5.41, 5.74) is 0.0104. The minimum atomic E-state index is -1.23. The zero-order valence-corrected chi connectivity index (χ0v) is 27.6. The highest BCUT2D eigenvalue weighted by molar-refractivity contribution is 6.30. The molecule has 3 aliphatic rings. The Kier molecular flexibility index (Phi) is 10.2. The van der Waals surface area contributed by atoms with E-state index < -0.39 is 35.6 Å². The molecule has 0 aliphatic carbocycles. The summed E-state index contributed by atoms with van der Waals surface area (Å²) >= 11 is 6.16. The van der Waals surface area contributed by atoms with Gasteiger partial charge in [0.1, 0.15) is 17.4 Å². The molecule has 1 N–H and O–H groups in total. The molecular weight excluding hydrogens is 606 g/mol. The molecule has 0 radical (unpaired) electrons. The molecule has 9 nitrogen and oxygen atoms in total. The number of nitrogens with zero attached hydrogens (tertiary/aromatic N) is 3. The summed E-state index contributed by atoms with van der Waals surface area (Å²) in [5, 5.41) is 11.2. The maximum Gasteiger partial charge on any atom is 0.253 e. The Labute approximate surface area is 276 Å². The number of benzene rings is 2. The van der Waals surface area contributed by atoms with Gasteiger partial charge in [-0.2, -0.15) is 0 Å². The lowest BCUT2D eigenvalue weighted by Crippen LogP contribution is -2.60. The molecule has 5 rings (SSSR count). The second-order valence-corrected chi connectivity index (χ2v) is 12.8. The zero-order chi connectivity index (χ0) is 33.2. The van der Waals surface area contributed by atoms with Crippen LogP contribution in [-0.4, -0.2) is 77.8 Å². The molecular formula is C36H44ClN3O6. The molecule has 3 amide bonds. The third-order valence-electron chi connectivity index (χ3n) is 9.86. The molecule has 2 aromatic carbocycles. The maximum atomic E-state index is 14.8. The number of rotatable bonds is 14. The van der Waals surface area contributed by atoms with Crippen molar-refractivity contribution < 1.29 is 29.0 Å². The average Bonchev–Trinajstić information content (AvgIpc) is 3.71. The monoisotopic (exact) mass is 649 g/mol. The summed E-state index contributed by atoms with van der Waals surface area (Å²) in [5.74, 6) is -2.07. The lowest BCUT2D eigenvalue weighted by Gasteiger charge is -2.40. The molecule has 46 heavy (non-hydrogen) atoms. The first-order chi connectivity index (χ1) is 22.2. The number of aliphatic hydroxyl groups excluding tert-OH is 1. The number of halogens is 1. The number of amides is 3. The first kappa shape index (κ1) is 33.7. The largest absolute Gasteiger partial charge is 0.494 e. The highest BCUT2D eigenvalue weighted by Gasteiger charge is 2.75. The minimum absolute atomic E-state index is 0.115. The Bertz CT molecular complexity index is 1450. The lowest BCUT2D eigenvalue weighted by atomic mass is 9.70. The van der Waals surface area contributed by atoms with E-state index in [1.54, 1.807) is 63.2 Å². The number of hydrogen-bond acceptors (Lipinski definition) is 6. The third kappa shape index (κ3) is 5.73. The van der Waals surface area contributed by atoms with E-state index in [-0.39, 0.29) is 43.3 Å². The Morgan fingerprint density at radius 3 is 2.20 bits per heavy atom. The zero-order valence-electron chi connectivity index (χ0n) is 26.8. The van der Waals surface area contributed by atoms with Gasteiger partial charge in [0.25, 0.3) is 5.91 Å². The molecule has 2 aromatic rings. The van der Waals surface area contributed by atoms with Crippen LogP contribution in [-0.2, 0) is 19.1 Å². The fourth-order valence-electron chi connectivity index (χ4n) is 7.56.